The summed E-state index contributed by atoms with van der Waals surface area (Å²) in [4.78, 5) is 45.9. The molecule has 0 unspecified atom stereocenters. The van der Waals surface area contributed by atoms with Crippen LogP contribution in [0.4, 0.5) is 4.79 Å². The van der Waals surface area contributed by atoms with E-state index in [0.717, 1.165) is 67.6 Å². The summed E-state index contributed by atoms with van der Waals surface area (Å²) in [5.41, 5.74) is 3.23. The summed E-state index contributed by atoms with van der Waals surface area (Å²) in [6, 6.07) is 8.48. The minimum Gasteiger partial charge on any atom is -0.478 e. The Hall–Kier alpha value is -3.72. The van der Waals surface area contributed by atoms with E-state index in [2.05, 4.69) is 23.4 Å². The zero-order chi connectivity index (χ0) is 27.8. The number of carboxylic acids is 1. The summed E-state index contributed by atoms with van der Waals surface area (Å²) in [5, 5.41) is 13.2. The standard InChI is InChI=1S/C30H36N4O4S/c1-3-5-7-8-15-32-28(35)26(34(30(32)38)20-23-14-16-39-21-23)17-25-18-31-27(9-6-4-2)33(25)19-22-10-12-24(13-11-22)29(36)37/h10-14,16-18,21H,3-9,15,19-20H2,1-2H3,(H,36,37)/b26-17+. The van der Waals surface area contributed by atoms with Crippen molar-refractivity contribution in [3.8, 4) is 0 Å². The van der Waals surface area contributed by atoms with Crippen molar-refractivity contribution in [1.29, 1.82) is 0 Å². The molecule has 8 nitrogen and oxygen atoms in total. The van der Waals surface area contributed by atoms with Gasteiger partial charge in [-0.05, 0) is 59.0 Å². The number of carbonyl (C=O) groups excluding carboxylic acids is 2. The van der Waals surface area contributed by atoms with Crippen molar-refractivity contribution in [2.45, 2.75) is 71.9 Å². The number of aryl methyl sites for hydroxylation is 1. The number of rotatable bonds is 14. The average Bonchev–Trinajstić information content (AvgIpc) is 3.63. The van der Waals surface area contributed by atoms with Gasteiger partial charge in [0.05, 0.1) is 24.0 Å². The molecule has 1 saturated heterocycles. The predicted molar refractivity (Wildman–Crippen MR) is 152 cm³/mol. The zero-order valence-electron chi connectivity index (χ0n) is 22.6. The van der Waals surface area contributed by atoms with Crippen LogP contribution in [0.3, 0.4) is 0 Å². The number of benzene rings is 1. The van der Waals surface area contributed by atoms with E-state index in [1.807, 2.05) is 16.8 Å². The van der Waals surface area contributed by atoms with Crippen molar-refractivity contribution >= 4 is 35.3 Å². The summed E-state index contributed by atoms with van der Waals surface area (Å²) >= 11 is 1.56. The largest absolute Gasteiger partial charge is 0.478 e. The first kappa shape index (κ1) is 28.3. The predicted octanol–water partition coefficient (Wildman–Crippen LogP) is 6.42. The quantitative estimate of drug-likeness (QED) is 0.142. The molecular weight excluding hydrogens is 512 g/mol. The molecule has 1 fully saturated rings. The third-order valence-corrected chi connectivity index (χ3v) is 7.65. The van der Waals surface area contributed by atoms with Crippen LogP contribution in [0.25, 0.3) is 6.08 Å². The summed E-state index contributed by atoms with van der Waals surface area (Å²) in [7, 11) is 0. The number of unbranched alkanes of at least 4 members (excludes halogenated alkanes) is 4. The highest BCUT2D eigenvalue weighted by atomic mass is 32.1. The van der Waals surface area contributed by atoms with Crippen LogP contribution in [0.1, 0.15) is 85.4 Å². The number of hydrogen-bond donors (Lipinski definition) is 1. The highest BCUT2D eigenvalue weighted by Crippen LogP contribution is 2.28. The molecule has 0 bridgehead atoms. The maximum absolute atomic E-state index is 13.6. The van der Waals surface area contributed by atoms with E-state index >= 15 is 0 Å². The number of aromatic carboxylic acids is 1. The second-order valence-corrected chi connectivity index (χ2v) is 10.6. The van der Waals surface area contributed by atoms with Gasteiger partial charge in [0.15, 0.2) is 0 Å². The number of nitrogens with zero attached hydrogens (tertiary/aromatic N) is 4. The lowest BCUT2D eigenvalue weighted by Crippen LogP contribution is -2.33. The van der Waals surface area contributed by atoms with Crippen LogP contribution in [0, 0.1) is 0 Å². The average molecular weight is 549 g/mol. The summed E-state index contributed by atoms with van der Waals surface area (Å²) in [6.07, 6.45) is 10.2. The number of carbonyl (C=O) groups is 3. The van der Waals surface area contributed by atoms with Crippen LogP contribution in [-0.4, -0.2) is 48.9 Å². The lowest BCUT2D eigenvalue weighted by Gasteiger charge is -2.17. The SMILES string of the molecule is CCCCCCN1C(=O)/C(=C\c2cnc(CCCC)n2Cc2ccc(C(=O)O)cc2)N(Cc2ccsc2)C1=O. The summed E-state index contributed by atoms with van der Waals surface area (Å²) < 4.78 is 2.06. The van der Waals surface area contributed by atoms with E-state index in [1.54, 1.807) is 52.8 Å². The Morgan fingerprint density at radius 3 is 2.38 bits per heavy atom. The Bertz CT molecular complexity index is 1310. The normalized spacial score (nSPS) is 14.7. The minimum absolute atomic E-state index is 0.232. The van der Waals surface area contributed by atoms with Gasteiger partial charge < -0.3 is 9.67 Å². The van der Waals surface area contributed by atoms with Crippen LogP contribution in [0.2, 0.25) is 0 Å². The number of thiophene rings is 1. The Morgan fingerprint density at radius 1 is 0.949 bits per heavy atom. The van der Waals surface area contributed by atoms with E-state index in [-0.39, 0.29) is 17.5 Å². The molecule has 4 rings (SSSR count). The molecule has 206 valence electrons. The highest BCUT2D eigenvalue weighted by Gasteiger charge is 2.40. The molecule has 1 aliphatic heterocycles. The molecule has 0 radical (unpaired) electrons. The first-order chi connectivity index (χ1) is 18.9. The van der Waals surface area contributed by atoms with Gasteiger partial charge in [0, 0.05) is 19.5 Å². The fraction of sp³-hybridized carbons (Fsp3) is 0.400. The van der Waals surface area contributed by atoms with Gasteiger partial charge in [-0.3, -0.25) is 14.6 Å². The van der Waals surface area contributed by atoms with Gasteiger partial charge in [0.25, 0.3) is 5.91 Å². The van der Waals surface area contributed by atoms with Crippen molar-refractivity contribution in [2.75, 3.05) is 6.54 Å². The van der Waals surface area contributed by atoms with Crippen LogP contribution in [0.5, 0.6) is 0 Å². The zero-order valence-corrected chi connectivity index (χ0v) is 23.5. The molecule has 0 aliphatic carbocycles. The topological polar surface area (TPSA) is 95.7 Å². The molecule has 0 saturated carbocycles. The number of aromatic nitrogens is 2. The summed E-state index contributed by atoms with van der Waals surface area (Å²) in [6.45, 7) is 5.48. The van der Waals surface area contributed by atoms with Gasteiger partial charge in [-0.15, -0.1) is 0 Å². The maximum atomic E-state index is 13.6. The monoisotopic (exact) mass is 548 g/mol. The van der Waals surface area contributed by atoms with E-state index in [9.17, 15) is 19.5 Å². The molecule has 3 heterocycles. The Kier molecular flexibility index (Phi) is 9.70. The molecule has 9 heteroatoms. The summed E-state index contributed by atoms with van der Waals surface area (Å²) in [5.74, 6) is -0.350. The number of carboxylic acid groups (broad SMARTS) is 1. The number of hydrogen-bond acceptors (Lipinski definition) is 5. The van der Waals surface area contributed by atoms with Gasteiger partial charge in [0.1, 0.15) is 11.5 Å². The molecule has 0 atom stereocenters. The molecule has 3 amide bonds. The Labute approximate surface area is 233 Å². The van der Waals surface area contributed by atoms with Crippen molar-refractivity contribution in [3.63, 3.8) is 0 Å². The van der Waals surface area contributed by atoms with Crippen molar-refractivity contribution in [3.05, 3.63) is 81.2 Å². The van der Waals surface area contributed by atoms with Crippen LogP contribution < -0.4 is 0 Å². The first-order valence-electron chi connectivity index (χ1n) is 13.7. The fourth-order valence-corrected chi connectivity index (χ4v) is 5.34. The fourth-order valence-electron chi connectivity index (χ4n) is 4.68. The molecule has 0 spiro atoms. The second-order valence-electron chi connectivity index (χ2n) is 9.84. The molecule has 3 aromatic rings. The third kappa shape index (κ3) is 6.84. The van der Waals surface area contributed by atoms with Gasteiger partial charge in [-0.25, -0.2) is 14.6 Å². The maximum Gasteiger partial charge on any atom is 0.335 e. The number of imide groups is 1. The molecule has 39 heavy (non-hydrogen) atoms. The lowest BCUT2D eigenvalue weighted by atomic mass is 10.1. The van der Waals surface area contributed by atoms with Gasteiger partial charge in [-0.1, -0.05) is 51.7 Å². The second kappa shape index (κ2) is 13.4. The minimum atomic E-state index is -0.965. The molecule has 1 aliphatic rings. The molecule has 1 N–H and O–H groups in total. The number of urea groups is 1. The van der Waals surface area contributed by atoms with Gasteiger partial charge >= 0.3 is 12.0 Å². The van der Waals surface area contributed by atoms with Crippen LogP contribution in [0.15, 0.2) is 53.0 Å². The van der Waals surface area contributed by atoms with Crippen LogP contribution in [-0.2, 0) is 24.3 Å². The van der Waals surface area contributed by atoms with Crippen molar-refractivity contribution < 1.29 is 19.5 Å². The Balaban J connectivity index is 1.68. The molecular formula is C30H36N4O4S. The Morgan fingerprint density at radius 2 is 1.72 bits per heavy atom. The first-order valence-corrected chi connectivity index (χ1v) is 14.6. The van der Waals surface area contributed by atoms with E-state index in [4.69, 9.17) is 0 Å². The van der Waals surface area contributed by atoms with E-state index in [0.29, 0.717) is 25.3 Å². The molecule has 1 aromatic carbocycles. The number of imidazole rings is 1. The lowest BCUT2D eigenvalue weighted by molar-refractivity contribution is -0.123. The van der Waals surface area contributed by atoms with Crippen molar-refractivity contribution in [1.82, 2.24) is 19.4 Å². The van der Waals surface area contributed by atoms with Gasteiger partial charge in [-0.2, -0.15) is 11.3 Å². The van der Waals surface area contributed by atoms with E-state index < -0.39 is 5.97 Å². The number of amides is 3. The molecule has 2 aromatic heterocycles. The third-order valence-electron chi connectivity index (χ3n) is 6.92. The van der Waals surface area contributed by atoms with Crippen LogP contribution >= 0.6 is 11.3 Å². The van der Waals surface area contributed by atoms with E-state index in [1.165, 1.54) is 4.90 Å². The van der Waals surface area contributed by atoms with Crippen molar-refractivity contribution in [2.24, 2.45) is 0 Å². The highest BCUT2D eigenvalue weighted by molar-refractivity contribution is 7.07. The smallest absolute Gasteiger partial charge is 0.335 e. The van der Waals surface area contributed by atoms with Gasteiger partial charge in [0.2, 0.25) is 0 Å².